The van der Waals surface area contributed by atoms with Crippen LogP contribution >= 0.6 is 0 Å². The highest BCUT2D eigenvalue weighted by molar-refractivity contribution is 5.53. The third-order valence-electron chi connectivity index (χ3n) is 2.32. The zero-order chi connectivity index (χ0) is 13.2. The Kier molecular flexibility index (Phi) is 3.87. The molecular formula is C11H14F3NO2. The van der Waals surface area contributed by atoms with Crippen molar-refractivity contribution in [3.8, 4) is 5.75 Å². The molecule has 1 aromatic carbocycles. The lowest BCUT2D eigenvalue weighted by Crippen LogP contribution is -2.30. The fraction of sp³-hybridized carbons (Fsp3) is 0.455. The van der Waals surface area contributed by atoms with E-state index in [1.807, 2.05) is 0 Å². The van der Waals surface area contributed by atoms with Crippen LogP contribution in [0.1, 0.15) is 18.6 Å². The molecule has 0 aliphatic heterocycles. The summed E-state index contributed by atoms with van der Waals surface area (Å²) in [4.78, 5) is 0.978. The molecule has 0 aliphatic carbocycles. The number of hydrogen-bond acceptors (Lipinski definition) is 3. The van der Waals surface area contributed by atoms with Crippen molar-refractivity contribution in [1.29, 1.82) is 0 Å². The lowest BCUT2D eigenvalue weighted by atomic mass is 10.1. The summed E-state index contributed by atoms with van der Waals surface area (Å²) in [5.41, 5.74) is 0.526. The molecule has 2 N–H and O–H groups in total. The highest BCUT2D eigenvalue weighted by Gasteiger charge is 2.29. The third kappa shape index (κ3) is 3.81. The summed E-state index contributed by atoms with van der Waals surface area (Å²) in [6, 6.07) is 4.03. The zero-order valence-corrected chi connectivity index (χ0v) is 9.49. The van der Waals surface area contributed by atoms with Crippen molar-refractivity contribution in [1.82, 2.24) is 0 Å². The van der Waals surface area contributed by atoms with Crippen LogP contribution in [0, 0.1) is 0 Å². The lowest BCUT2D eigenvalue weighted by Gasteiger charge is -2.21. The van der Waals surface area contributed by atoms with E-state index in [0.717, 1.165) is 4.90 Å². The quantitative estimate of drug-likeness (QED) is 0.864. The van der Waals surface area contributed by atoms with Crippen LogP contribution in [0.25, 0.3) is 0 Å². The molecule has 0 saturated carbocycles. The molecule has 0 radical (unpaired) electrons. The number of aromatic hydroxyl groups is 1. The average molecular weight is 249 g/mol. The first-order chi connectivity index (χ1) is 7.70. The van der Waals surface area contributed by atoms with Crippen molar-refractivity contribution in [2.24, 2.45) is 0 Å². The average Bonchev–Trinajstić information content (AvgIpc) is 2.14. The molecule has 1 aromatic rings. The molecule has 0 amide bonds. The van der Waals surface area contributed by atoms with Crippen LogP contribution in [-0.4, -0.2) is 30.0 Å². The highest BCUT2D eigenvalue weighted by atomic mass is 19.4. The van der Waals surface area contributed by atoms with Gasteiger partial charge in [-0.05, 0) is 13.0 Å². The van der Waals surface area contributed by atoms with Gasteiger partial charge in [-0.1, -0.05) is 6.07 Å². The van der Waals surface area contributed by atoms with Gasteiger partial charge in [0.2, 0.25) is 0 Å². The maximum absolute atomic E-state index is 12.2. The van der Waals surface area contributed by atoms with Crippen LogP contribution in [-0.2, 0) is 0 Å². The number of nitrogens with zero attached hydrogens (tertiary/aromatic N) is 1. The molecule has 0 spiro atoms. The fourth-order valence-electron chi connectivity index (χ4n) is 1.48. The minimum absolute atomic E-state index is 0.216. The number of anilines is 1. The molecule has 1 unspecified atom stereocenters. The van der Waals surface area contributed by atoms with Crippen molar-refractivity contribution in [2.75, 3.05) is 18.5 Å². The highest BCUT2D eigenvalue weighted by Crippen LogP contribution is 2.29. The lowest BCUT2D eigenvalue weighted by molar-refractivity contribution is -0.119. The minimum Gasteiger partial charge on any atom is -0.507 e. The molecule has 3 nitrogen and oxygen atoms in total. The molecule has 0 fully saturated rings. The van der Waals surface area contributed by atoms with Crippen molar-refractivity contribution < 1.29 is 23.4 Å². The molecule has 0 aliphatic rings. The van der Waals surface area contributed by atoms with Crippen LogP contribution < -0.4 is 4.90 Å². The Morgan fingerprint density at radius 1 is 1.35 bits per heavy atom. The summed E-state index contributed by atoms with van der Waals surface area (Å²) in [6.45, 7) is 0.370. The normalized spacial score (nSPS) is 13.5. The Morgan fingerprint density at radius 2 is 1.94 bits per heavy atom. The van der Waals surface area contributed by atoms with Gasteiger partial charge in [0.25, 0.3) is 0 Å². The van der Waals surface area contributed by atoms with Crippen LogP contribution in [0.3, 0.4) is 0 Å². The molecular weight excluding hydrogens is 235 g/mol. The monoisotopic (exact) mass is 249 g/mol. The molecule has 0 aromatic heterocycles. The standard InChI is InChI=1S/C11H14F3NO2/c1-7(16)9-4-3-8(5-10(9)17)15(2)6-11(12,13)14/h3-5,7,16-17H,6H2,1-2H3. The van der Waals surface area contributed by atoms with E-state index in [1.165, 1.54) is 32.2 Å². The van der Waals surface area contributed by atoms with E-state index >= 15 is 0 Å². The maximum atomic E-state index is 12.2. The minimum atomic E-state index is -4.30. The van der Waals surface area contributed by atoms with Crippen molar-refractivity contribution >= 4 is 5.69 Å². The summed E-state index contributed by atoms with van der Waals surface area (Å²) in [7, 11) is 1.28. The van der Waals surface area contributed by atoms with E-state index < -0.39 is 18.8 Å². The fourth-order valence-corrected chi connectivity index (χ4v) is 1.48. The van der Waals surface area contributed by atoms with Crippen LogP contribution in [0.2, 0.25) is 0 Å². The molecule has 0 bridgehead atoms. The first-order valence-electron chi connectivity index (χ1n) is 4.99. The second-order valence-electron chi connectivity index (χ2n) is 3.89. The molecule has 96 valence electrons. The molecule has 17 heavy (non-hydrogen) atoms. The van der Waals surface area contributed by atoms with Gasteiger partial charge in [-0.2, -0.15) is 13.2 Å². The SMILES string of the molecule is CC(O)c1ccc(N(C)CC(F)(F)F)cc1O. The number of alkyl halides is 3. The Hall–Kier alpha value is -1.43. The van der Waals surface area contributed by atoms with Crippen LogP contribution in [0.4, 0.5) is 18.9 Å². The Labute approximate surface area is 97.1 Å². The van der Waals surface area contributed by atoms with Gasteiger partial charge in [-0.15, -0.1) is 0 Å². The van der Waals surface area contributed by atoms with E-state index in [9.17, 15) is 23.4 Å². The Bertz CT molecular complexity index is 391. The second kappa shape index (κ2) is 4.83. The number of benzene rings is 1. The van der Waals surface area contributed by atoms with Gasteiger partial charge in [0.05, 0.1) is 6.10 Å². The number of phenolic OH excluding ortho intramolecular Hbond substituents is 1. The largest absolute Gasteiger partial charge is 0.507 e. The Balaban J connectivity index is 2.90. The first kappa shape index (κ1) is 13.6. The second-order valence-corrected chi connectivity index (χ2v) is 3.89. The molecule has 1 atom stereocenters. The number of rotatable bonds is 3. The summed E-state index contributed by atoms with van der Waals surface area (Å²) < 4.78 is 36.5. The van der Waals surface area contributed by atoms with Crippen LogP contribution in [0.5, 0.6) is 5.75 Å². The van der Waals surface area contributed by atoms with Gasteiger partial charge in [0, 0.05) is 24.4 Å². The van der Waals surface area contributed by atoms with E-state index in [4.69, 9.17) is 0 Å². The van der Waals surface area contributed by atoms with Gasteiger partial charge in [-0.25, -0.2) is 0 Å². The smallest absolute Gasteiger partial charge is 0.405 e. The topological polar surface area (TPSA) is 43.7 Å². The van der Waals surface area contributed by atoms with Gasteiger partial charge in [0.1, 0.15) is 12.3 Å². The van der Waals surface area contributed by atoms with E-state index in [0.29, 0.717) is 0 Å². The summed E-state index contributed by atoms with van der Waals surface area (Å²) >= 11 is 0. The summed E-state index contributed by atoms with van der Waals surface area (Å²) in [6.07, 6.45) is -5.16. The summed E-state index contributed by atoms with van der Waals surface area (Å²) in [5.74, 6) is -0.216. The van der Waals surface area contributed by atoms with E-state index in [-0.39, 0.29) is 17.0 Å². The summed E-state index contributed by atoms with van der Waals surface area (Å²) in [5, 5.41) is 18.8. The van der Waals surface area contributed by atoms with Crippen LogP contribution in [0.15, 0.2) is 18.2 Å². The number of phenols is 1. The van der Waals surface area contributed by atoms with E-state index in [2.05, 4.69) is 0 Å². The number of aliphatic hydroxyl groups is 1. The first-order valence-corrected chi connectivity index (χ1v) is 4.99. The third-order valence-corrected chi connectivity index (χ3v) is 2.32. The Morgan fingerprint density at radius 3 is 2.35 bits per heavy atom. The van der Waals surface area contributed by atoms with E-state index in [1.54, 1.807) is 0 Å². The van der Waals surface area contributed by atoms with Gasteiger partial charge in [0.15, 0.2) is 0 Å². The number of halogens is 3. The molecule has 1 rings (SSSR count). The molecule has 6 heteroatoms. The van der Waals surface area contributed by atoms with Crippen molar-refractivity contribution in [3.05, 3.63) is 23.8 Å². The number of hydrogen-bond donors (Lipinski definition) is 2. The molecule has 0 saturated heterocycles. The van der Waals surface area contributed by atoms with Gasteiger partial charge >= 0.3 is 6.18 Å². The van der Waals surface area contributed by atoms with Gasteiger partial charge < -0.3 is 15.1 Å². The predicted molar refractivity (Wildman–Crippen MR) is 58.1 cm³/mol. The molecule has 0 heterocycles. The maximum Gasteiger partial charge on any atom is 0.405 e. The zero-order valence-electron chi connectivity index (χ0n) is 9.49. The van der Waals surface area contributed by atoms with Crippen molar-refractivity contribution in [2.45, 2.75) is 19.2 Å². The predicted octanol–water partition coefficient (Wildman–Crippen LogP) is 2.44. The number of aliphatic hydroxyl groups excluding tert-OH is 1. The van der Waals surface area contributed by atoms with Crippen molar-refractivity contribution in [3.63, 3.8) is 0 Å². The van der Waals surface area contributed by atoms with Gasteiger partial charge in [-0.3, -0.25) is 0 Å².